The number of hydrogen-bond donors (Lipinski definition) is 1. The molecule has 33 heavy (non-hydrogen) atoms. The maximum absolute atomic E-state index is 11.1. The average molecular weight is 447 g/mol. The molecule has 0 aromatic heterocycles. The van der Waals surface area contributed by atoms with Gasteiger partial charge in [0.25, 0.3) is 0 Å². The van der Waals surface area contributed by atoms with Crippen molar-refractivity contribution in [3.63, 3.8) is 0 Å². The molecule has 3 aromatic carbocycles. The van der Waals surface area contributed by atoms with Gasteiger partial charge in [-0.05, 0) is 53.8 Å². The van der Waals surface area contributed by atoms with Crippen molar-refractivity contribution >= 4 is 0 Å². The first-order chi connectivity index (χ1) is 16.2. The first-order valence-electron chi connectivity index (χ1n) is 11.9. The molecule has 1 N–H and O–H groups in total. The molecule has 1 aliphatic carbocycles. The van der Waals surface area contributed by atoms with Crippen molar-refractivity contribution in [1.29, 1.82) is 0 Å². The predicted molar refractivity (Wildman–Crippen MR) is 131 cm³/mol. The zero-order chi connectivity index (χ0) is 23.1. The number of rotatable bonds is 7. The zero-order valence-electron chi connectivity index (χ0n) is 19.6. The molecule has 3 aromatic rings. The molecule has 174 valence electrons. The second kappa shape index (κ2) is 10.9. The Kier molecular flexibility index (Phi) is 7.69. The van der Waals surface area contributed by atoms with Crippen molar-refractivity contribution in [2.75, 3.05) is 14.2 Å². The average Bonchev–Trinajstić information content (AvgIpc) is 2.87. The van der Waals surface area contributed by atoms with E-state index in [9.17, 15) is 5.11 Å². The van der Waals surface area contributed by atoms with Gasteiger partial charge in [-0.25, -0.2) is 0 Å². The number of hydrogen-bond acceptors (Lipinski definition) is 4. The van der Waals surface area contributed by atoms with Gasteiger partial charge in [0.05, 0.1) is 26.4 Å². The molecule has 2 atom stereocenters. The number of aliphatic hydroxyl groups excluding tert-OH is 1. The summed E-state index contributed by atoms with van der Waals surface area (Å²) in [5.74, 6) is 1.59. The topological polar surface area (TPSA) is 47.9 Å². The van der Waals surface area contributed by atoms with E-state index in [1.165, 1.54) is 12.8 Å². The molecular formula is C29H34O4. The summed E-state index contributed by atoms with van der Waals surface area (Å²) < 4.78 is 17.9. The largest absolute Gasteiger partial charge is 0.497 e. The second-order valence-corrected chi connectivity index (χ2v) is 8.72. The van der Waals surface area contributed by atoms with Crippen LogP contribution in [0.3, 0.4) is 0 Å². The highest BCUT2D eigenvalue weighted by atomic mass is 16.5. The monoisotopic (exact) mass is 446 g/mol. The lowest BCUT2D eigenvalue weighted by Crippen LogP contribution is -2.42. The van der Waals surface area contributed by atoms with Gasteiger partial charge < -0.3 is 19.3 Å². The third-order valence-electron chi connectivity index (χ3n) is 6.67. The van der Waals surface area contributed by atoms with Crippen LogP contribution in [0.2, 0.25) is 0 Å². The van der Waals surface area contributed by atoms with Gasteiger partial charge in [0, 0.05) is 0 Å². The zero-order valence-corrected chi connectivity index (χ0v) is 19.6. The van der Waals surface area contributed by atoms with Crippen LogP contribution in [0.5, 0.6) is 11.5 Å². The Labute approximate surface area is 197 Å². The van der Waals surface area contributed by atoms with Gasteiger partial charge in [0.15, 0.2) is 0 Å². The van der Waals surface area contributed by atoms with Crippen LogP contribution in [0.1, 0.15) is 55.2 Å². The molecule has 1 saturated carbocycles. The summed E-state index contributed by atoms with van der Waals surface area (Å²) in [6.07, 6.45) is 5.27. The number of methoxy groups -OCH3 is 2. The second-order valence-electron chi connectivity index (χ2n) is 8.72. The van der Waals surface area contributed by atoms with Gasteiger partial charge in [0.2, 0.25) is 0 Å². The van der Waals surface area contributed by atoms with E-state index >= 15 is 0 Å². The minimum atomic E-state index is -0.884. The maximum Gasteiger partial charge on any atom is 0.144 e. The Bertz CT molecular complexity index is 935. The molecule has 0 heterocycles. The fraction of sp³-hybridized carbons (Fsp3) is 0.379. The van der Waals surface area contributed by atoms with Crippen molar-refractivity contribution in [2.45, 2.75) is 56.3 Å². The summed E-state index contributed by atoms with van der Waals surface area (Å²) in [5, 5.41) is 11.1. The van der Waals surface area contributed by atoms with Crippen LogP contribution in [-0.4, -0.2) is 31.5 Å². The Morgan fingerprint density at radius 2 is 1.12 bits per heavy atom. The minimum Gasteiger partial charge on any atom is -0.497 e. The molecule has 4 nitrogen and oxygen atoms in total. The Balaban J connectivity index is 1.90. The summed E-state index contributed by atoms with van der Waals surface area (Å²) in [5.41, 5.74) is 2.13. The van der Waals surface area contributed by atoms with Gasteiger partial charge >= 0.3 is 0 Å². The SMILES string of the molecule is COc1ccc(C(OC2CCCCCCC2O)(c2ccccc2)c2ccc(OC)cc2)cc1. The van der Waals surface area contributed by atoms with Gasteiger partial charge in [-0.1, -0.05) is 80.3 Å². The Hall–Kier alpha value is -2.82. The van der Waals surface area contributed by atoms with E-state index < -0.39 is 11.7 Å². The van der Waals surface area contributed by atoms with Gasteiger partial charge in [0.1, 0.15) is 17.1 Å². The van der Waals surface area contributed by atoms with Crippen molar-refractivity contribution in [3.05, 3.63) is 95.6 Å². The van der Waals surface area contributed by atoms with Crippen LogP contribution < -0.4 is 9.47 Å². The predicted octanol–water partition coefficient (Wildman–Crippen LogP) is 6.10. The highest BCUT2D eigenvalue weighted by molar-refractivity contribution is 5.49. The van der Waals surface area contributed by atoms with E-state index in [1.54, 1.807) is 14.2 Å². The molecule has 4 rings (SSSR count). The summed E-state index contributed by atoms with van der Waals surface area (Å²) >= 11 is 0. The lowest BCUT2D eigenvalue weighted by Gasteiger charge is -2.41. The third kappa shape index (κ3) is 5.07. The lowest BCUT2D eigenvalue weighted by atomic mass is 9.79. The van der Waals surface area contributed by atoms with E-state index in [-0.39, 0.29) is 6.10 Å². The van der Waals surface area contributed by atoms with E-state index in [2.05, 4.69) is 36.4 Å². The van der Waals surface area contributed by atoms with E-state index in [1.807, 2.05) is 42.5 Å². The van der Waals surface area contributed by atoms with Crippen molar-refractivity contribution in [1.82, 2.24) is 0 Å². The highest BCUT2D eigenvalue weighted by Crippen LogP contribution is 2.43. The minimum absolute atomic E-state index is 0.269. The molecule has 0 saturated heterocycles. The fourth-order valence-corrected chi connectivity index (χ4v) is 4.82. The van der Waals surface area contributed by atoms with Crippen LogP contribution in [0.25, 0.3) is 0 Å². The molecule has 2 unspecified atom stereocenters. The van der Waals surface area contributed by atoms with Crippen LogP contribution in [0, 0.1) is 0 Å². The molecule has 0 spiro atoms. The third-order valence-corrected chi connectivity index (χ3v) is 6.67. The lowest BCUT2D eigenvalue weighted by molar-refractivity contribution is -0.110. The smallest absolute Gasteiger partial charge is 0.144 e. The van der Waals surface area contributed by atoms with Crippen molar-refractivity contribution in [3.8, 4) is 11.5 Å². The van der Waals surface area contributed by atoms with E-state index in [0.29, 0.717) is 0 Å². The molecule has 0 radical (unpaired) electrons. The molecule has 1 aliphatic rings. The standard InChI is InChI=1S/C29H34O4/c1-31-25-18-14-23(15-19-25)29(22-10-6-5-7-11-22,24-16-20-26(32-2)21-17-24)33-28-13-9-4-3-8-12-27(28)30/h5-7,10-11,14-21,27-28,30H,3-4,8-9,12-13H2,1-2H3. The summed E-state index contributed by atoms with van der Waals surface area (Å²) in [6.45, 7) is 0. The molecule has 0 bridgehead atoms. The number of benzene rings is 3. The van der Waals surface area contributed by atoms with E-state index in [4.69, 9.17) is 14.2 Å². The normalized spacial score (nSPS) is 19.4. The Morgan fingerprint density at radius 1 is 0.636 bits per heavy atom. The van der Waals surface area contributed by atoms with Gasteiger partial charge in [-0.2, -0.15) is 0 Å². The first-order valence-corrected chi connectivity index (χ1v) is 11.9. The maximum atomic E-state index is 11.1. The van der Waals surface area contributed by atoms with Crippen LogP contribution in [0.4, 0.5) is 0 Å². The molecular weight excluding hydrogens is 412 g/mol. The van der Waals surface area contributed by atoms with Crippen molar-refractivity contribution < 1.29 is 19.3 Å². The molecule has 0 aliphatic heterocycles. The van der Waals surface area contributed by atoms with Gasteiger partial charge in [-0.15, -0.1) is 0 Å². The quantitative estimate of drug-likeness (QED) is 0.446. The fourth-order valence-electron chi connectivity index (χ4n) is 4.82. The number of aliphatic hydroxyl groups is 1. The van der Waals surface area contributed by atoms with Crippen LogP contribution in [-0.2, 0) is 10.3 Å². The molecule has 4 heteroatoms. The van der Waals surface area contributed by atoms with Crippen molar-refractivity contribution in [2.24, 2.45) is 0 Å². The summed E-state index contributed by atoms with van der Waals surface area (Å²) in [7, 11) is 3.34. The summed E-state index contributed by atoms with van der Waals surface area (Å²) in [4.78, 5) is 0. The van der Waals surface area contributed by atoms with Crippen LogP contribution in [0.15, 0.2) is 78.9 Å². The highest BCUT2D eigenvalue weighted by Gasteiger charge is 2.41. The molecule has 1 fully saturated rings. The van der Waals surface area contributed by atoms with Gasteiger partial charge in [-0.3, -0.25) is 0 Å². The first kappa shape index (κ1) is 23.3. The number of ether oxygens (including phenoxy) is 3. The van der Waals surface area contributed by atoms with E-state index in [0.717, 1.165) is 53.9 Å². The van der Waals surface area contributed by atoms with Crippen LogP contribution >= 0.6 is 0 Å². The molecule has 0 amide bonds. The summed E-state index contributed by atoms with van der Waals surface area (Å²) in [6, 6.07) is 26.4. The Morgan fingerprint density at radius 3 is 1.64 bits per heavy atom.